The molecule has 156 valence electrons. The SMILES string of the molecule is COc1ccc2[nH]c(CN(CCCn3ccnc3)Cc3ccc(F)cc3)c(C)c2c1. The normalized spacial score (nSPS) is 11.5. The molecule has 0 amide bonds. The summed E-state index contributed by atoms with van der Waals surface area (Å²) < 4.78 is 20.8. The summed E-state index contributed by atoms with van der Waals surface area (Å²) >= 11 is 0. The van der Waals surface area contributed by atoms with Crippen molar-refractivity contribution in [1.82, 2.24) is 19.4 Å². The Labute approximate surface area is 176 Å². The van der Waals surface area contributed by atoms with Gasteiger partial charge < -0.3 is 14.3 Å². The van der Waals surface area contributed by atoms with Gasteiger partial charge in [-0.1, -0.05) is 12.1 Å². The Morgan fingerprint density at radius 2 is 1.97 bits per heavy atom. The molecule has 0 radical (unpaired) electrons. The molecule has 0 unspecified atom stereocenters. The predicted molar refractivity (Wildman–Crippen MR) is 117 cm³/mol. The van der Waals surface area contributed by atoms with Crippen LogP contribution < -0.4 is 4.74 Å². The van der Waals surface area contributed by atoms with Gasteiger partial charge in [0, 0.05) is 55.2 Å². The van der Waals surface area contributed by atoms with E-state index >= 15 is 0 Å². The third kappa shape index (κ3) is 4.71. The highest BCUT2D eigenvalue weighted by molar-refractivity contribution is 5.85. The van der Waals surface area contributed by atoms with Crippen LogP contribution in [0.25, 0.3) is 10.9 Å². The van der Waals surface area contributed by atoms with Crippen LogP contribution in [-0.2, 0) is 19.6 Å². The lowest BCUT2D eigenvalue weighted by Gasteiger charge is -2.22. The summed E-state index contributed by atoms with van der Waals surface area (Å²) in [6.45, 7) is 5.55. The number of hydrogen-bond donors (Lipinski definition) is 1. The molecule has 6 heteroatoms. The first-order chi connectivity index (χ1) is 14.6. The Morgan fingerprint density at radius 1 is 1.13 bits per heavy atom. The molecule has 5 nitrogen and oxygen atoms in total. The molecule has 0 aliphatic rings. The molecule has 2 aromatic heterocycles. The largest absolute Gasteiger partial charge is 0.497 e. The molecule has 0 saturated carbocycles. The molecule has 1 N–H and O–H groups in total. The van der Waals surface area contributed by atoms with Crippen LogP contribution >= 0.6 is 0 Å². The van der Waals surface area contributed by atoms with Gasteiger partial charge in [0.2, 0.25) is 0 Å². The fourth-order valence-electron chi connectivity index (χ4n) is 3.83. The maximum Gasteiger partial charge on any atom is 0.123 e. The molecule has 4 aromatic rings. The number of H-pyrrole nitrogens is 1. The highest BCUT2D eigenvalue weighted by Crippen LogP contribution is 2.27. The average Bonchev–Trinajstić information content (AvgIpc) is 3.38. The van der Waals surface area contributed by atoms with Crippen molar-refractivity contribution in [2.45, 2.75) is 33.0 Å². The van der Waals surface area contributed by atoms with E-state index in [1.807, 2.05) is 30.7 Å². The average molecular weight is 407 g/mol. The van der Waals surface area contributed by atoms with Crippen LogP contribution in [0.2, 0.25) is 0 Å². The summed E-state index contributed by atoms with van der Waals surface area (Å²) in [6, 6.07) is 12.9. The van der Waals surface area contributed by atoms with Crippen LogP contribution in [0.3, 0.4) is 0 Å². The van der Waals surface area contributed by atoms with Crippen molar-refractivity contribution >= 4 is 10.9 Å². The summed E-state index contributed by atoms with van der Waals surface area (Å²) in [5.41, 5.74) is 4.66. The van der Waals surface area contributed by atoms with Crippen molar-refractivity contribution in [3.05, 3.63) is 83.8 Å². The van der Waals surface area contributed by atoms with E-state index in [0.717, 1.165) is 49.4 Å². The zero-order chi connectivity index (χ0) is 20.9. The van der Waals surface area contributed by atoms with E-state index in [1.165, 1.54) is 28.8 Å². The number of imidazole rings is 1. The van der Waals surface area contributed by atoms with Gasteiger partial charge in [0.1, 0.15) is 11.6 Å². The molecule has 0 fully saturated rings. The van der Waals surface area contributed by atoms with Crippen molar-refractivity contribution in [3.8, 4) is 5.75 Å². The Balaban J connectivity index is 1.52. The van der Waals surface area contributed by atoms with Crippen molar-refractivity contribution in [2.75, 3.05) is 13.7 Å². The minimum Gasteiger partial charge on any atom is -0.497 e. The quantitative estimate of drug-likeness (QED) is 0.429. The van der Waals surface area contributed by atoms with Crippen molar-refractivity contribution in [3.63, 3.8) is 0 Å². The summed E-state index contributed by atoms with van der Waals surface area (Å²) in [7, 11) is 1.69. The summed E-state index contributed by atoms with van der Waals surface area (Å²) in [5.74, 6) is 0.658. The smallest absolute Gasteiger partial charge is 0.123 e. The molecule has 2 heterocycles. The second-order valence-electron chi connectivity index (χ2n) is 7.63. The second-order valence-corrected chi connectivity index (χ2v) is 7.63. The van der Waals surface area contributed by atoms with E-state index in [4.69, 9.17) is 4.74 Å². The molecule has 2 aromatic carbocycles. The maximum atomic E-state index is 13.3. The van der Waals surface area contributed by atoms with Crippen LogP contribution in [0, 0.1) is 12.7 Å². The zero-order valence-electron chi connectivity index (χ0n) is 17.4. The van der Waals surface area contributed by atoms with Gasteiger partial charge in [0.15, 0.2) is 0 Å². The Hall–Kier alpha value is -3.12. The molecule has 0 aliphatic heterocycles. The lowest BCUT2D eigenvalue weighted by Crippen LogP contribution is -2.25. The van der Waals surface area contributed by atoms with E-state index in [2.05, 4.69) is 38.5 Å². The van der Waals surface area contributed by atoms with Gasteiger partial charge in [-0.25, -0.2) is 9.37 Å². The van der Waals surface area contributed by atoms with Gasteiger partial charge in [-0.05, 0) is 54.8 Å². The molecular weight excluding hydrogens is 379 g/mol. The first kappa shape index (κ1) is 20.2. The molecule has 0 spiro atoms. The number of rotatable bonds is 9. The predicted octanol–water partition coefficient (Wildman–Crippen LogP) is 4.91. The Bertz CT molecular complexity index is 1090. The number of nitrogens with one attached hydrogen (secondary N) is 1. The summed E-state index contributed by atoms with van der Waals surface area (Å²) in [6.07, 6.45) is 6.64. The standard InChI is InChI=1S/C24H27FN4O/c1-18-22-14-21(30-2)8-9-23(22)27-24(18)16-29(12-3-11-28-13-10-26-17-28)15-19-4-6-20(25)7-5-19/h4-10,13-14,17,27H,3,11-12,15-16H2,1-2H3. The number of aromatic amines is 1. The number of aryl methyl sites for hydroxylation is 2. The minimum atomic E-state index is -0.203. The second kappa shape index (κ2) is 9.13. The highest BCUT2D eigenvalue weighted by atomic mass is 19.1. The van der Waals surface area contributed by atoms with Crippen LogP contribution in [0.5, 0.6) is 5.75 Å². The molecule has 4 rings (SSSR count). The van der Waals surface area contributed by atoms with E-state index in [0.29, 0.717) is 0 Å². The third-order valence-corrected chi connectivity index (χ3v) is 5.52. The van der Waals surface area contributed by atoms with E-state index in [9.17, 15) is 4.39 Å². The van der Waals surface area contributed by atoms with Crippen molar-refractivity contribution in [2.24, 2.45) is 0 Å². The zero-order valence-corrected chi connectivity index (χ0v) is 17.4. The van der Waals surface area contributed by atoms with Crippen LogP contribution in [0.4, 0.5) is 4.39 Å². The number of benzene rings is 2. The number of halogens is 1. The monoisotopic (exact) mass is 406 g/mol. The number of ether oxygens (including phenoxy) is 1. The van der Waals surface area contributed by atoms with Crippen LogP contribution in [0.15, 0.2) is 61.2 Å². The fourth-order valence-corrected chi connectivity index (χ4v) is 3.83. The maximum absolute atomic E-state index is 13.3. The number of nitrogens with zero attached hydrogens (tertiary/aromatic N) is 3. The van der Waals surface area contributed by atoms with Gasteiger partial charge in [-0.3, -0.25) is 4.90 Å². The lowest BCUT2D eigenvalue weighted by molar-refractivity contribution is 0.245. The number of fused-ring (bicyclic) bond motifs is 1. The van der Waals surface area contributed by atoms with E-state index in [1.54, 1.807) is 13.3 Å². The van der Waals surface area contributed by atoms with Gasteiger partial charge >= 0.3 is 0 Å². The molecule has 0 saturated heterocycles. The van der Waals surface area contributed by atoms with Gasteiger partial charge in [-0.2, -0.15) is 0 Å². The van der Waals surface area contributed by atoms with Crippen LogP contribution in [0.1, 0.15) is 23.2 Å². The van der Waals surface area contributed by atoms with Crippen molar-refractivity contribution < 1.29 is 9.13 Å². The van der Waals surface area contributed by atoms with E-state index in [-0.39, 0.29) is 5.82 Å². The van der Waals surface area contributed by atoms with Crippen molar-refractivity contribution in [1.29, 1.82) is 0 Å². The third-order valence-electron chi connectivity index (χ3n) is 5.52. The number of methoxy groups -OCH3 is 1. The summed E-state index contributed by atoms with van der Waals surface area (Å²) in [5, 5.41) is 1.18. The summed E-state index contributed by atoms with van der Waals surface area (Å²) in [4.78, 5) is 10.1. The number of hydrogen-bond acceptors (Lipinski definition) is 3. The Morgan fingerprint density at radius 3 is 2.70 bits per heavy atom. The van der Waals surface area contributed by atoms with E-state index < -0.39 is 0 Å². The van der Waals surface area contributed by atoms with Gasteiger partial charge in [-0.15, -0.1) is 0 Å². The molecule has 30 heavy (non-hydrogen) atoms. The molecular formula is C24H27FN4O. The first-order valence-corrected chi connectivity index (χ1v) is 10.2. The molecule has 0 bridgehead atoms. The lowest BCUT2D eigenvalue weighted by atomic mass is 10.1. The molecule has 0 aliphatic carbocycles. The van der Waals surface area contributed by atoms with Gasteiger partial charge in [0.25, 0.3) is 0 Å². The highest BCUT2D eigenvalue weighted by Gasteiger charge is 2.14. The minimum absolute atomic E-state index is 0.203. The fraction of sp³-hybridized carbons (Fsp3) is 0.292. The molecule has 0 atom stereocenters. The first-order valence-electron chi connectivity index (χ1n) is 10.2. The van der Waals surface area contributed by atoms with Crippen LogP contribution in [-0.4, -0.2) is 33.1 Å². The Kier molecular flexibility index (Phi) is 6.14. The number of aromatic nitrogens is 3. The van der Waals surface area contributed by atoms with Gasteiger partial charge in [0.05, 0.1) is 13.4 Å². The topological polar surface area (TPSA) is 46.1 Å².